The van der Waals surface area contributed by atoms with Gasteiger partial charge in [0, 0.05) is 38.8 Å². The van der Waals surface area contributed by atoms with Gasteiger partial charge in [-0.15, -0.1) is 0 Å². The van der Waals surface area contributed by atoms with Crippen LogP contribution in [-0.2, 0) is 10.0 Å². The fourth-order valence-electron chi connectivity index (χ4n) is 3.53. The lowest BCUT2D eigenvalue weighted by Gasteiger charge is -2.32. The van der Waals surface area contributed by atoms with Crippen molar-refractivity contribution in [2.45, 2.75) is 65.8 Å². The topological polar surface area (TPSA) is 94.0 Å². The van der Waals surface area contributed by atoms with Gasteiger partial charge in [0.1, 0.15) is 0 Å². The molecular weight excluding hydrogens is 364 g/mol. The first-order chi connectivity index (χ1) is 12.8. The summed E-state index contributed by atoms with van der Waals surface area (Å²) in [6, 6.07) is 0.234. The second kappa shape index (κ2) is 12.6. The van der Waals surface area contributed by atoms with Crippen LogP contribution in [0.2, 0.25) is 0 Å². The van der Waals surface area contributed by atoms with Crippen molar-refractivity contribution >= 4 is 16.0 Å². The molecular formula is C19H40N4O3S. The van der Waals surface area contributed by atoms with Gasteiger partial charge < -0.3 is 15.7 Å². The Labute approximate surface area is 166 Å². The summed E-state index contributed by atoms with van der Waals surface area (Å²) in [6.45, 7) is 11.1. The molecule has 1 rings (SSSR count). The number of nitrogens with zero attached hydrogens (tertiary/aromatic N) is 2. The summed E-state index contributed by atoms with van der Waals surface area (Å²) in [4.78, 5) is 4.73. The molecule has 1 heterocycles. The van der Waals surface area contributed by atoms with Gasteiger partial charge in [-0.3, -0.25) is 4.99 Å². The lowest BCUT2D eigenvalue weighted by atomic mass is 9.94. The minimum absolute atomic E-state index is 0.196. The van der Waals surface area contributed by atoms with Crippen LogP contribution < -0.4 is 10.6 Å². The first kappa shape index (κ1) is 24.2. The van der Waals surface area contributed by atoms with Gasteiger partial charge >= 0.3 is 0 Å². The molecule has 0 aromatic rings. The van der Waals surface area contributed by atoms with Gasteiger partial charge in [0.25, 0.3) is 0 Å². The van der Waals surface area contributed by atoms with E-state index in [0.29, 0.717) is 37.9 Å². The third kappa shape index (κ3) is 9.25. The average molecular weight is 405 g/mol. The minimum atomic E-state index is -3.10. The summed E-state index contributed by atoms with van der Waals surface area (Å²) in [5.74, 6) is 1.99. The summed E-state index contributed by atoms with van der Waals surface area (Å²) < 4.78 is 26.0. The predicted molar refractivity (Wildman–Crippen MR) is 112 cm³/mol. The molecule has 1 aliphatic heterocycles. The van der Waals surface area contributed by atoms with Crippen molar-refractivity contribution in [1.29, 1.82) is 0 Å². The van der Waals surface area contributed by atoms with Crippen LogP contribution in [0.3, 0.4) is 0 Å². The molecule has 0 amide bonds. The molecule has 160 valence electrons. The summed E-state index contributed by atoms with van der Waals surface area (Å²) in [5.41, 5.74) is 0. The number of rotatable bonds is 11. The summed E-state index contributed by atoms with van der Waals surface area (Å²) in [7, 11) is -3.10. The number of sulfonamides is 1. The second-order valence-corrected chi connectivity index (χ2v) is 9.95. The molecule has 0 saturated carbocycles. The Morgan fingerprint density at radius 2 is 1.93 bits per heavy atom. The average Bonchev–Trinajstić information content (AvgIpc) is 2.60. The summed E-state index contributed by atoms with van der Waals surface area (Å²) in [6.07, 6.45) is 4.06. The molecule has 1 unspecified atom stereocenters. The highest BCUT2D eigenvalue weighted by molar-refractivity contribution is 7.89. The van der Waals surface area contributed by atoms with E-state index >= 15 is 0 Å². The van der Waals surface area contributed by atoms with Crippen LogP contribution in [0.4, 0.5) is 0 Å². The number of aliphatic hydroxyl groups is 1. The van der Waals surface area contributed by atoms with Crippen LogP contribution in [0.1, 0.15) is 59.8 Å². The van der Waals surface area contributed by atoms with E-state index in [-0.39, 0.29) is 18.4 Å². The van der Waals surface area contributed by atoms with Gasteiger partial charge in [0.05, 0.1) is 5.75 Å². The highest BCUT2D eigenvalue weighted by atomic mass is 32.2. The van der Waals surface area contributed by atoms with Crippen molar-refractivity contribution in [3.63, 3.8) is 0 Å². The number of aliphatic imine (C=N–C) groups is 1. The molecule has 3 N–H and O–H groups in total. The maximum atomic E-state index is 12.2. The molecule has 7 nitrogen and oxygen atoms in total. The van der Waals surface area contributed by atoms with Crippen molar-refractivity contribution in [2.24, 2.45) is 16.8 Å². The van der Waals surface area contributed by atoms with E-state index in [1.807, 2.05) is 13.8 Å². The van der Waals surface area contributed by atoms with E-state index in [1.54, 1.807) is 4.31 Å². The minimum Gasteiger partial charge on any atom is -0.396 e. The Morgan fingerprint density at radius 3 is 2.44 bits per heavy atom. The Kier molecular flexibility index (Phi) is 11.3. The Hall–Kier alpha value is -0.860. The molecule has 0 aromatic heterocycles. The van der Waals surface area contributed by atoms with Gasteiger partial charge in [0.2, 0.25) is 10.0 Å². The fraction of sp³-hybridized carbons (Fsp3) is 0.947. The van der Waals surface area contributed by atoms with Crippen LogP contribution in [-0.4, -0.2) is 68.4 Å². The van der Waals surface area contributed by atoms with Crippen LogP contribution in [0.15, 0.2) is 4.99 Å². The normalized spacial score (nSPS) is 18.7. The van der Waals surface area contributed by atoms with Crippen molar-refractivity contribution in [2.75, 3.05) is 38.5 Å². The number of guanidine groups is 1. The quantitative estimate of drug-likeness (QED) is 0.361. The Balaban J connectivity index is 2.59. The molecule has 8 heteroatoms. The highest BCUT2D eigenvalue weighted by Gasteiger charge is 2.27. The van der Waals surface area contributed by atoms with E-state index in [4.69, 9.17) is 4.99 Å². The lowest BCUT2D eigenvalue weighted by molar-refractivity contribution is 0.245. The third-order valence-electron chi connectivity index (χ3n) is 4.84. The molecule has 0 aromatic carbocycles. The van der Waals surface area contributed by atoms with Gasteiger partial charge in [-0.2, -0.15) is 0 Å². The van der Waals surface area contributed by atoms with Crippen molar-refractivity contribution < 1.29 is 13.5 Å². The summed E-state index contributed by atoms with van der Waals surface area (Å²) >= 11 is 0. The molecule has 0 spiro atoms. The monoisotopic (exact) mass is 404 g/mol. The maximum absolute atomic E-state index is 12.2. The van der Waals surface area contributed by atoms with Crippen LogP contribution in [0, 0.1) is 11.8 Å². The van der Waals surface area contributed by atoms with E-state index < -0.39 is 10.0 Å². The van der Waals surface area contributed by atoms with Crippen molar-refractivity contribution in [1.82, 2.24) is 14.9 Å². The van der Waals surface area contributed by atoms with E-state index in [9.17, 15) is 13.5 Å². The maximum Gasteiger partial charge on any atom is 0.214 e. The van der Waals surface area contributed by atoms with E-state index in [2.05, 4.69) is 24.5 Å². The zero-order chi connectivity index (χ0) is 20.3. The van der Waals surface area contributed by atoms with Gasteiger partial charge in [-0.25, -0.2) is 12.7 Å². The van der Waals surface area contributed by atoms with Crippen LogP contribution in [0.25, 0.3) is 0 Å². The van der Waals surface area contributed by atoms with E-state index in [1.165, 1.54) is 0 Å². The number of aliphatic hydroxyl groups excluding tert-OH is 1. The SMILES string of the molecule is CCCS(=O)(=O)N1CCC(NC(=NCC(CCO)CC(C)C)NCC)CC1. The Bertz CT molecular complexity index is 529. The van der Waals surface area contributed by atoms with Crippen LogP contribution >= 0.6 is 0 Å². The number of hydrogen-bond acceptors (Lipinski definition) is 4. The third-order valence-corrected chi connectivity index (χ3v) is 6.92. The largest absolute Gasteiger partial charge is 0.396 e. The van der Waals surface area contributed by atoms with Gasteiger partial charge in [-0.05, 0) is 50.9 Å². The standard InChI is InChI=1S/C19H40N4O3S/c1-5-13-27(25,26)23-10-7-18(8-11-23)22-19(20-6-2)21-15-17(9-12-24)14-16(3)4/h16-18,24H,5-15H2,1-4H3,(H2,20,21,22). The molecule has 0 bridgehead atoms. The van der Waals surface area contributed by atoms with Crippen molar-refractivity contribution in [3.05, 3.63) is 0 Å². The zero-order valence-corrected chi connectivity index (χ0v) is 18.4. The molecule has 27 heavy (non-hydrogen) atoms. The first-order valence-electron chi connectivity index (χ1n) is 10.5. The summed E-state index contributed by atoms with van der Waals surface area (Å²) in [5, 5.41) is 16.0. The Morgan fingerprint density at radius 1 is 1.26 bits per heavy atom. The number of piperidine rings is 1. The molecule has 1 saturated heterocycles. The highest BCUT2D eigenvalue weighted by Crippen LogP contribution is 2.17. The molecule has 1 fully saturated rings. The molecule has 1 atom stereocenters. The zero-order valence-electron chi connectivity index (χ0n) is 17.6. The van der Waals surface area contributed by atoms with Crippen molar-refractivity contribution in [3.8, 4) is 0 Å². The van der Waals surface area contributed by atoms with E-state index in [0.717, 1.165) is 38.2 Å². The first-order valence-corrected chi connectivity index (χ1v) is 12.1. The van der Waals surface area contributed by atoms with Gasteiger partial charge in [0.15, 0.2) is 5.96 Å². The molecule has 0 radical (unpaired) electrons. The lowest BCUT2D eigenvalue weighted by Crippen LogP contribution is -2.50. The van der Waals surface area contributed by atoms with Gasteiger partial charge in [-0.1, -0.05) is 20.8 Å². The number of nitrogens with one attached hydrogen (secondary N) is 2. The second-order valence-electron chi connectivity index (χ2n) is 7.86. The van der Waals surface area contributed by atoms with Crippen LogP contribution in [0.5, 0.6) is 0 Å². The fourth-order valence-corrected chi connectivity index (χ4v) is 5.07. The number of hydrogen-bond donors (Lipinski definition) is 3. The molecule has 0 aliphatic carbocycles. The smallest absolute Gasteiger partial charge is 0.214 e. The predicted octanol–water partition coefficient (Wildman–Crippen LogP) is 1.79. The molecule has 1 aliphatic rings.